The average molecular weight is 482 g/mol. The summed E-state index contributed by atoms with van der Waals surface area (Å²) in [6.07, 6.45) is 2.46. The van der Waals surface area contributed by atoms with Gasteiger partial charge in [0.05, 0.1) is 36.3 Å². The fraction of sp³-hybridized carbons (Fsp3) is 0.407. The first kappa shape index (κ1) is 23.4. The Kier molecular flexibility index (Phi) is 6.47. The van der Waals surface area contributed by atoms with Crippen molar-refractivity contribution in [2.45, 2.75) is 45.3 Å². The second kappa shape index (κ2) is 9.70. The van der Waals surface area contributed by atoms with Gasteiger partial charge in [-0.3, -0.25) is 9.59 Å². The lowest BCUT2D eigenvalue weighted by atomic mass is 9.97. The minimum Gasteiger partial charge on any atom is -0.490 e. The first-order valence-corrected chi connectivity index (χ1v) is 12.1. The quantitative estimate of drug-likeness (QED) is 0.458. The topological polar surface area (TPSA) is 78.2 Å². The molecule has 35 heavy (non-hydrogen) atoms. The van der Waals surface area contributed by atoms with E-state index in [0.717, 1.165) is 25.3 Å². The van der Waals surface area contributed by atoms with Crippen LogP contribution in [-0.4, -0.2) is 43.3 Å². The Bertz CT molecular complexity index is 1310. The van der Waals surface area contributed by atoms with Gasteiger partial charge in [-0.1, -0.05) is 13.0 Å². The molecule has 7 nitrogen and oxygen atoms in total. The molecular weight excluding hydrogens is 453 g/mol. The van der Waals surface area contributed by atoms with E-state index in [-0.39, 0.29) is 34.3 Å². The van der Waals surface area contributed by atoms with Crippen LogP contribution in [-0.2, 0) is 4.74 Å². The summed E-state index contributed by atoms with van der Waals surface area (Å²) in [5.74, 6) is 0.195. The van der Waals surface area contributed by atoms with Crippen LogP contribution in [0.4, 0.5) is 4.39 Å². The lowest BCUT2D eigenvalue weighted by Gasteiger charge is -2.28. The summed E-state index contributed by atoms with van der Waals surface area (Å²) in [6, 6.07) is 8.46. The third-order valence-electron chi connectivity index (χ3n) is 6.40. The average Bonchev–Trinajstić information content (AvgIpc) is 3.46. The Morgan fingerprint density at radius 3 is 2.69 bits per heavy atom. The van der Waals surface area contributed by atoms with Gasteiger partial charge in [-0.05, 0) is 62.1 Å². The molecule has 0 N–H and O–H groups in total. The fourth-order valence-corrected chi connectivity index (χ4v) is 4.83. The van der Waals surface area contributed by atoms with Gasteiger partial charge in [0.15, 0.2) is 16.9 Å². The van der Waals surface area contributed by atoms with Crippen molar-refractivity contribution < 1.29 is 27.8 Å². The highest BCUT2D eigenvalue weighted by Crippen LogP contribution is 2.41. The molecule has 8 heteroatoms. The van der Waals surface area contributed by atoms with Crippen molar-refractivity contribution >= 4 is 16.9 Å². The molecular formula is C27H28FNO6. The van der Waals surface area contributed by atoms with Gasteiger partial charge in [0.2, 0.25) is 5.76 Å². The first-order chi connectivity index (χ1) is 17.0. The van der Waals surface area contributed by atoms with Crippen LogP contribution in [0.2, 0.25) is 0 Å². The van der Waals surface area contributed by atoms with Crippen molar-refractivity contribution in [1.82, 2.24) is 4.90 Å². The summed E-state index contributed by atoms with van der Waals surface area (Å²) in [7, 11) is 0. The number of carbonyl (C=O) groups excluding carboxylic acids is 1. The molecule has 3 heterocycles. The van der Waals surface area contributed by atoms with Crippen LogP contribution < -0.4 is 14.9 Å². The third-order valence-corrected chi connectivity index (χ3v) is 6.40. The maximum Gasteiger partial charge on any atom is 0.291 e. The number of amides is 1. The Morgan fingerprint density at radius 2 is 1.94 bits per heavy atom. The number of ether oxygens (including phenoxy) is 3. The van der Waals surface area contributed by atoms with Crippen LogP contribution in [0.3, 0.4) is 0 Å². The van der Waals surface area contributed by atoms with Gasteiger partial charge in [-0.2, -0.15) is 0 Å². The van der Waals surface area contributed by atoms with Gasteiger partial charge < -0.3 is 23.5 Å². The van der Waals surface area contributed by atoms with Gasteiger partial charge in [0.25, 0.3) is 5.91 Å². The number of halogens is 1. The summed E-state index contributed by atoms with van der Waals surface area (Å²) in [6.45, 7) is 5.82. The molecule has 1 amide bonds. The van der Waals surface area contributed by atoms with Crippen LogP contribution >= 0.6 is 0 Å². The van der Waals surface area contributed by atoms with E-state index in [2.05, 4.69) is 0 Å². The molecule has 2 aliphatic heterocycles. The molecule has 184 valence electrons. The molecule has 1 saturated heterocycles. The van der Waals surface area contributed by atoms with Crippen molar-refractivity contribution in [3.63, 3.8) is 0 Å². The Hall–Kier alpha value is -3.39. The molecule has 2 atom stereocenters. The van der Waals surface area contributed by atoms with E-state index in [1.165, 1.54) is 12.1 Å². The molecule has 1 fully saturated rings. The second-order valence-electron chi connectivity index (χ2n) is 8.80. The van der Waals surface area contributed by atoms with Crippen LogP contribution in [0, 0.1) is 5.82 Å². The van der Waals surface area contributed by atoms with Gasteiger partial charge >= 0.3 is 0 Å². The van der Waals surface area contributed by atoms with Gasteiger partial charge in [0.1, 0.15) is 11.4 Å². The van der Waals surface area contributed by atoms with Crippen LogP contribution in [0.15, 0.2) is 45.6 Å². The van der Waals surface area contributed by atoms with E-state index < -0.39 is 17.3 Å². The van der Waals surface area contributed by atoms with Crippen LogP contribution in [0.1, 0.15) is 60.8 Å². The third kappa shape index (κ3) is 4.27. The molecule has 1 aromatic heterocycles. The maximum atomic E-state index is 14.0. The monoisotopic (exact) mass is 481 g/mol. The minimum atomic E-state index is -0.718. The summed E-state index contributed by atoms with van der Waals surface area (Å²) in [5, 5.41) is 0.105. The number of carbonyl (C=O) groups is 1. The standard InChI is InChI=1S/C27H28FNO6/c1-3-11-34-21-9-7-16(13-22(21)32-4-2)24-23-25(30)19-14-17(28)8-10-20(19)35-26(23)27(31)29(24)15-18-6-5-12-33-18/h7-10,13-14,18,24H,3-6,11-12,15H2,1-2H3. The van der Waals surface area contributed by atoms with Crippen molar-refractivity contribution in [2.24, 2.45) is 0 Å². The minimum absolute atomic E-state index is 0.0126. The summed E-state index contributed by atoms with van der Waals surface area (Å²) in [5.41, 5.74) is 0.652. The lowest BCUT2D eigenvalue weighted by Crippen LogP contribution is -2.36. The molecule has 0 bridgehead atoms. The predicted octanol–water partition coefficient (Wildman–Crippen LogP) is 4.84. The van der Waals surface area contributed by atoms with Gasteiger partial charge in [-0.25, -0.2) is 4.39 Å². The highest BCUT2D eigenvalue weighted by Gasteiger charge is 2.44. The van der Waals surface area contributed by atoms with Crippen molar-refractivity contribution in [3.8, 4) is 11.5 Å². The number of fused-ring (bicyclic) bond motifs is 2. The molecule has 0 saturated carbocycles. The lowest BCUT2D eigenvalue weighted by molar-refractivity contribution is 0.0486. The summed E-state index contributed by atoms with van der Waals surface area (Å²) >= 11 is 0. The number of hydrogen-bond donors (Lipinski definition) is 0. The smallest absolute Gasteiger partial charge is 0.291 e. The fourth-order valence-electron chi connectivity index (χ4n) is 4.83. The number of nitrogens with zero attached hydrogens (tertiary/aromatic N) is 1. The maximum absolute atomic E-state index is 14.0. The molecule has 0 spiro atoms. The number of hydrogen-bond acceptors (Lipinski definition) is 6. The molecule has 2 aliphatic rings. The van der Waals surface area contributed by atoms with Crippen molar-refractivity contribution in [3.05, 3.63) is 69.3 Å². The van der Waals surface area contributed by atoms with E-state index in [1.54, 1.807) is 17.0 Å². The van der Waals surface area contributed by atoms with E-state index in [0.29, 0.717) is 43.4 Å². The van der Waals surface area contributed by atoms with Crippen LogP contribution in [0.5, 0.6) is 11.5 Å². The predicted molar refractivity (Wildman–Crippen MR) is 128 cm³/mol. The zero-order valence-corrected chi connectivity index (χ0v) is 19.8. The largest absolute Gasteiger partial charge is 0.490 e. The molecule has 2 unspecified atom stereocenters. The molecule has 0 aliphatic carbocycles. The Balaban J connectivity index is 1.66. The zero-order valence-electron chi connectivity index (χ0n) is 19.8. The highest BCUT2D eigenvalue weighted by molar-refractivity contribution is 5.99. The van der Waals surface area contributed by atoms with E-state index in [4.69, 9.17) is 18.6 Å². The molecule has 2 aromatic carbocycles. The SMILES string of the molecule is CCCOc1ccc(C2c3c(oc4ccc(F)cc4c3=O)C(=O)N2CC2CCCO2)cc1OCC. The van der Waals surface area contributed by atoms with Gasteiger partial charge in [-0.15, -0.1) is 0 Å². The second-order valence-corrected chi connectivity index (χ2v) is 8.80. The summed E-state index contributed by atoms with van der Waals surface area (Å²) in [4.78, 5) is 28.8. The molecule has 0 radical (unpaired) electrons. The summed E-state index contributed by atoms with van der Waals surface area (Å²) < 4.78 is 37.3. The highest BCUT2D eigenvalue weighted by atomic mass is 19.1. The zero-order chi connectivity index (χ0) is 24.5. The van der Waals surface area contributed by atoms with Crippen LogP contribution in [0.25, 0.3) is 11.0 Å². The Morgan fingerprint density at radius 1 is 1.09 bits per heavy atom. The normalized spacial score (nSPS) is 19.4. The number of rotatable bonds is 8. The number of benzene rings is 2. The van der Waals surface area contributed by atoms with E-state index >= 15 is 0 Å². The van der Waals surface area contributed by atoms with Crippen molar-refractivity contribution in [1.29, 1.82) is 0 Å². The molecule has 5 rings (SSSR count). The Labute approximate surface area is 202 Å². The van der Waals surface area contributed by atoms with E-state index in [1.807, 2.05) is 19.9 Å². The van der Waals surface area contributed by atoms with Crippen molar-refractivity contribution in [2.75, 3.05) is 26.4 Å². The van der Waals surface area contributed by atoms with Gasteiger partial charge in [0, 0.05) is 13.2 Å². The first-order valence-electron chi connectivity index (χ1n) is 12.1. The van der Waals surface area contributed by atoms with E-state index in [9.17, 15) is 14.0 Å². The molecule has 3 aromatic rings.